The maximum Gasteiger partial charge on any atom is 0.331 e. The summed E-state index contributed by atoms with van der Waals surface area (Å²) >= 11 is 0. The molecule has 2 heterocycles. The van der Waals surface area contributed by atoms with Gasteiger partial charge in [-0.2, -0.15) is 0 Å². The average molecular weight is 181 g/mol. The summed E-state index contributed by atoms with van der Waals surface area (Å²) in [6, 6.07) is 0.455. The molecule has 0 saturated carbocycles. The Morgan fingerprint density at radius 1 is 1.54 bits per heavy atom. The molecule has 2 rings (SSSR count). The normalized spacial score (nSPS) is 31.9. The van der Waals surface area contributed by atoms with E-state index in [2.05, 4.69) is 4.90 Å². The second-order valence-electron chi connectivity index (χ2n) is 3.90. The second kappa shape index (κ2) is 3.14. The zero-order valence-electron chi connectivity index (χ0n) is 7.92. The number of aliphatic carboxylic acids is 1. The lowest BCUT2D eigenvalue weighted by Crippen LogP contribution is -2.23. The molecule has 2 aliphatic heterocycles. The zero-order valence-corrected chi connectivity index (χ0v) is 7.92. The van der Waals surface area contributed by atoms with Crippen molar-refractivity contribution in [3.63, 3.8) is 0 Å². The van der Waals surface area contributed by atoms with Crippen LogP contribution in [0, 0.1) is 0 Å². The summed E-state index contributed by atoms with van der Waals surface area (Å²) in [5.74, 6) is -0.747. The van der Waals surface area contributed by atoms with Gasteiger partial charge in [-0.05, 0) is 38.3 Å². The SMILES string of the molecule is C/C(C(=O)O)=C1/CCN2CCCC12. The molecule has 0 amide bonds. The highest BCUT2D eigenvalue weighted by Crippen LogP contribution is 2.33. The molecular weight excluding hydrogens is 166 g/mol. The highest BCUT2D eigenvalue weighted by atomic mass is 16.4. The van der Waals surface area contributed by atoms with Gasteiger partial charge in [-0.1, -0.05) is 0 Å². The van der Waals surface area contributed by atoms with Crippen LogP contribution in [0.4, 0.5) is 0 Å². The first kappa shape index (κ1) is 8.75. The van der Waals surface area contributed by atoms with Gasteiger partial charge in [0.1, 0.15) is 0 Å². The van der Waals surface area contributed by atoms with Crippen molar-refractivity contribution in [3.8, 4) is 0 Å². The summed E-state index contributed by atoms with van der Waals surface area (Å²) in [7, 11) is 0. The summed E-state index contributed by atoms with van der Waals surface area (Å²) in [6.07, 6.45) is 3.34. The quantitative estimate of drug-likeness (QED) is 0.619. The van der Waals surface area contributed by atoms with E-state index in [9.17, 15) is 4.79 Å². The number of fused-ring (bicyclic) bond motifs is 1. The molecule has 3 heteroatoms. The Morgan fingerprint density at radius 2 is 2.31 bits per heavy atom. The Hall–Kier alpha value is -0.830. The first-order chi connectivity index (χ1) is 6.20. The minimum Gasteiger partial charge on any atom is -0.478 e. The third kappa shape index (κ3) is 1.37. The van der Waals surface area contributed by atoms with E-state index >= 15 is 0 Å². The van der Waals surface area contributed by atoms with E-state index in [1.807, 2.05) is 0 Å². The predicted octanol–water partition coefficient (Wildman–Crippen LogP) is 1.26. The van der Waals surface area contributed by atoms with Crippen molar-refractivity contribution in [1.82, 2.24) is 4.90 Å². The van der Waals surface area contributed by atoms with Crippen molar-refractivity contribution in [1.29, 1.82) is 0 Å². The van der Waals surface area contributed by atoms with Crippen LogP contribution in [0.5, 0.6) is 0 Å². The topological polar surface area (TPSA) is 40.5 Å². The molecule has 0 aromatic carbocycles. The Balaban J connectivity index is 2.25. The lowest BCUT2D eigenvalue weighted by molar-refractivity contribution is -0.132. The molecule has 2 saturated heterocycles. The van der Waals surface area contributed by atoms with Crippen molar-refractivity contribution in [2.45, 2.75) is 32.2 Å². The largest absolute Gasteiger partial charge is 0.478 e. The van der Waals surface area contributed by atoms with Gasteiger partial charge >= 0.3 is 5.97 Å². The van der Waals surface area contributed by atoms with E-state index in [-0.39, 0.29) is 0 Å². The van der Waals surface area contributed by atoms with Crippen LogP contribution in [0.3, 0.4) is 0 Å². The van der Waals surface area contributed by atoms with Crippen LogP contribution in [0.2, 0.25) is 0 Å². The molecule has 2 fully saturated rings. The van der Waals surface area contributed by atoms with Crippen molar-refractivity contribution in [2.75, 3.05) is 13.1 Å². The number of hydrogen-bond acceptors (Lipinski definition) is 2. The van der Waals surface area contributed by atoms with Gasteiger partial charge in [0.25, 0.3) is 0 Å². The molecular formula is C10H15NO2. The molecule has 1 atom stereocenters. The minimum atomic E-state index is -0.747. The number of carboxylic acids is 1. The van der Waals surface area contributed by atoms with Crippen molar-refractivity contribution >= 4 is 5.97 Å². The van der Waals surface area contributed by atoms with Gasteiger partial charge in [0.2, 0.25) is 0 Å². The molecule has 72 valence electrons. The Bertz CT molecular complexity index is 270. The average Bonchev–Trinajstić information content (AvgIpc) is 2.61. The number of carbonyl (C=O) groups is 1. The monoisotopic (exact) mass is 181 g/mol. The number of rotatable bonds is 1. The van der Waals surface area contributed by atoms with Crippen LogP contribution in [0.25, 0.3) is 0 Å². The molecule has 0 aromatic rings. The maximum atomic E-state index is 10.8. The van der Waals surface area contributed by atoms with Crippen molar-refractivity contribution < 1.29 is 9.90 Å². The molecule has 13 heavy (non-hydrogen) atoms. The lowest BCUT2D eigenvalue weighted by atomic mass is 10.0. The fraction of sp³-hybridized carbons (Fsp3) is 0.700. The fourth-order valence-corrected chi connectivity index (χ4v) is 2.49. The molecule has 0 aliphatic carbocycles. The first-order valence-corrected chi connectivity index (χ1v) is 4.87. The van der Waals surface area contributed by atoms with Gasteiger partial charge in [0.05, 0.1) is 0 Å². The first-order valence-electron chi connectivity index (χ1n) is 4.87. The molecule has 0 bridgehead atoms. The van der Waals surface area contributed by atoms with Gasteiger partial charge in [-0.25, -0.2) is 4.79 Å². The molecule has 3 nitrogen and oxygen atoms in total. The minimum absolute atomic E-state index is 0.455. The highest BCUT2D eigenvalue weighted by Gasteiger charge is 2.34. The molecule has 0 spiro atoms. The summed E-state index contributed by atoms with van der Waals surface area (Å²) < 4.78 is 0. The van der Waals surface area contributed by atoms with Gasteiger partial charge in [0, 0.05) is 18.2 Å². The van der Waals surface area contributed by atoms with E-state index in [1.165, 1.54) is 12.0 Å². The summed E-state index contributed by atoms with van der Waals surface area (Å²) in [4.78, 5) is 13.2. The smallest absolute Gasteiger partial charge is 0.331 e. The van der Waals surface area contributed by atoms with Crippen molar-refractivity contribution in [2.24, 2.45) is 0 Å². The molecule has 2 aliphatic rings. The van der Waals surface area contributed by atoms with E-state index in [0.29, 0.717) is 11.6 Å². The van der Waals surface area contributed by atoms with E-state index in [4.69, 9.17) is 5.11 Å². The Morgan fingerprint density at radius 3 is 3.00 bits per heavy atom. The molecule has 0 radical (unpaired) electrons. The third-order valence-electron chi connectivity index (χ3n) is 3.24. The fourth-order valence-electron chi connectivity index (χ4n) is 2.49. The highest BCUT2D eigenvalue weighted by molar-refractivity contribution is 5.87. The van der Waals surface area contributed by atoms with E-state index in [0.717, 1.165) is 25.9 Å². The molecule has 0 aromatic heterocycles. The maximum absolute atomic E-state index is 10.8. The van der Waals surface area contributed by atoms with Crippen LogP contribution in [-0.2, 0) is 4.79 Å². The standard InChI is InChI=1S/C10H15NO2/c1-7(10(12)13)8-4-6-11-5-2-3-9(8)11/h9H,2-6H2,1H3,(H,12,13)/b8-7+. The van der Waals surface area contributed by atoms with E-state index in [1.54, 1.807) is 6.92 Å². The van der Waals surface area contributed by atoms with Crippen molar-refractivity contribution in [3.05, 3.63) is 11.1 Å². The van der Waals surface area contributed by atoms with Gasteiger partial charge in [-0.3, -0.25) is 4.90 Å². The summed E-state index contributed by atoms with van der Waals surface area (Å²) in [5.41, 5.74) is 1.75. The van der Waals surface area contributed by atoms with Crippen LogP contribution < -0.4 is 0 Å². The number of carboxylic acid groups (broad SMARTS) is 1. The predicted molar refractivity (Wildman–Crippen MR) is 49.5 cm³/mol. The van der Waals surface area contributed by atoms with Crippen LogP contribution in [-0.4, -0.2) is 35.1 Å². The van der Waals surface area contributed by atoms with Crippen LogP contribution in [0.1, 0.15) is 26.2 Å². The Labute approximate surface area is 78.0 Å². The number of hydrogen-bond donors (Lipinski definition) is 1. The van der Waals surface area contributed by atoms with Crippen LogP contribution >= 0.6 is 0 Å². The Kier molecular flexibility index (Phi) is 2.12. The van der Waals surface area contributed by atoms with Gasteiger partial charge in [-0.15, -0.1) is 0 Å². The lowest BCUT2D eigenvalue weighted by Gasteiger charge is -2.15. The summed E-state index contributed by atoms with van der Waals surface area (Å²) in [6.45, 7) is 3.95. The summed E-state index contributed by atoms with van der Waals surface area (Å²) in [5, 5.41) is 8.89. The third-order valence-corrected chi connectivity index (χ3v) is 3.24. The molecule has 1 N–H and O–H groups in total. The van der Waals surface area contributed by atoms with Gasteiger partial charge < -0.3 is 5.11 Å². The zero-order chi connectivity index (χ0) is 9.42. The van der Waals surface area contributed by atoms with Gasteiger partial charge in [0.15, 0.2) is 0 Å². The second-order valence-corrected chi connectivity index (χ2v) is 3.90. The van der Waals surface area contributed by atoms with Crippen LogP contribution in [0.15, 0.2) is 11.1 Å². The van der Waals surface area contributed by atoms with E-state index < -0.39 is 5.97 Å². The molecule has 1 unspecified atom stereocenters. The number of nitrogens with zero attached hydrogens (tertiary/aromatic N) is 1.